The largest absolute Gasteiger partial charge is 0.356 e. The molecule has 0 amide bonds. The van der Waals surface area contributed by atoms with Gasteiger partial charge in [0.1, 0.15) is 5.82 Å². The molecule has 0 aliphatic rings. The van der Waals surface area contributed by atoms with Crippen LogP contribution in [0.1, 0.15) is 31.0 Å². The Morgan fingerprint density at radius 1 is 1.16 bits per heavy atom. The molecule has 0 saturated heterocycles. The predicted octanol–water partition coefficient (Wildman–Crippen LogP) is 8.21. The molecule has 1 N–H and O–H groups in total. The number of allylic oxidation sites excluding steroid dienone is 4. The van der Waals surface area contributed by atoms with E-state index in [2.05, 4.69) is 54.2 Å². The van der Waals surface area contributed by atoms with Crippen LogP contribution in [0.15, 0.2) is 96.9 Å². The van der Waals surface area contributed by atoms with E-state index in [0.717, 1.165) is 60.3 Å². The summed E-state index contributed by atoms with van der Waals surface area (Å²) in [5.41, 5.74) is 5.28. The lowest BCUT2D eigenvalue weighted by atomic mass is 9.98. The molecule has 0 radical (unpaired) electrons. The summed E-state index contributed by atoms with van der Waals surface area (Å²) in [6.07, 6.45) is 7.61. The minimum atomic E-state index is -2.64. The summed E-state index contributed by atoms with van der Waals surface area (Å²) in [4.78, 5) is 7.14. The number of aromatic nitrogens is 1. The van der Waals surface area contributed by atoms with Gasteiger partial charge in [-0.1, -0.05) is 47.5 Å². The molecule has 37 heavy (non-hydrogen) atoms. The molecule has 196 valence electrons. The molecule has 0 atom stereocenters. The van der Waals surface area contributed by atoms with Crippen molar-refractivity contribution in [2.45, 2.75) is 39.5 Å². The summed E-state index contributed by atoms with van der Waals surface area (Å²) in [6, 6.07) is 9.96. The summed E-state index contributed by atoms with van der Waals surface area (Å²) in [5.74, 6) is 0.896. The van der Waals surface area contributed by atoms with Crippen LogP contribution >= 0.6 is 0 Å². The molecule has 0 fully saturated rings. The average molecular weight is 509 g/mol. The number of benzene rings is 1. The zero-order valence-corrected chi connectivity index (χ0v) is 21.6. The maximum Gasteiger partial charge on any atom is 0.257 e. The lowest BCUT2D eigenvalue weighted by molar-refractivity contribution is 0.204. The van der Waals surface area contributed by atoms with Crippen LogP contribution in [-0.2, 0) is 6.42 Å². The van der Waals surface area contributed by atoms with Crippen LogP contribution in [0.4, 0.5) is 24.8 Å². The third-order valence-electron chi connectivity index (χ3n) is 5.56. The van der Waals surface area contributed by atoms with Gasteiger partial charge in [0, 0.05) is 36.6 Å². The fourth-order valence-corrected chi connectivity index (χ4v) is 3.80. The van der Waals surface area contributed by atoms with Crippen molar-refractivity contribution < 1.29 is 13.3 Å². The maximum absolute atomic E-state index is 12.7. The first-order chi connectivity index (χ1) is 17.8. The third-order valence-corrected chi connectivity index (χ3v) is 5.56. The molecule has 0 aliphatic carbocycles. The molecule has 0 unspecified atom stereocenters. The second-order valence-corrected chi connectivity index (χ2v) is 8.46. The van der Waals surface area contributed by atoms with Crippen molar-refractivity contribution >= 4 is 17.7 Å². The molecule has 1 aromatic carbocycles. The molecule has 7 heteroatoms. The van der Waals surface area contributed by atoms with Crippen molar-refractivity contribution in [3.8, 4) is 11.1 Å². The number of hydrogen-bond acceptors (Lipinski definition) is 4. The highest BCUT2D eigenvalue weighted by Crippen LogP contribution is 2.31. The number of halogens is 3. The number of nitrogens with zero attached hydrogens (tertiary/aromatic N) is 3. The van der Waals surface area contributed by atoms with Gasteiger partial charge in [0.15, 0.2) is 0 Å². The Morgan fingerprint density at radius 2 is 1.95 bits per heavy atom. The van der Waals surface area contributed by atoms with E-state index in [1.54, 1.807) is 0 Å². The van der Waals surface area contributed by atoms with Gasteiger partial charge in [-0.2, -0.15) is 0 Å². The van der Waals surface area contributed by atoms with Crippen LogP contribution in [0.5, 0.6) is 0 Å². The van der Waals surface area contributed by atoms with E-state index in [4.69, 9.17) is 4.98 Å². The van der Waals surface area contributed by atoms with Crippen LogP contribution in [0.3, 0.4) is 0 Å². The van der Waals surface area contributed by atoms with Crippen LogP contribution in [0.2, 0.25) is 0 Å². The lowest BCUT2D eigenvalue weighted by Crippen LogP contribution is -2.26. The number of rotatable bonds is 15. The topological polar surface area (TPSA) is 40.5 Å². The van der Waals surface area contributed by atoms with Crippen LogP contribution in [-0.4, -0.2) is 30.7 Å². The number of pyridine rings is 1. The van der Waals surface area contributed by atoms with Crippen molar-refractivity contribution in [3.63, 3.8) is 0 Å². The minimum Gasteiger partial charge on any atom is -0.356 e. The Bertz CT molecular complexity index is 1170. The molecule has 1 aromatic heterocycles. The fourth-order valence-electron chi connectivity index (χ4n) is 3.80. The molecular weight excluding hydrogens is 473 g/mol. The molecule has 4 nitrogen and oxygen atoms in total. The van der Waals surface area contributed by atoms with E-state index in [0.29, 0.717) is 23.9 Å². The van der Waals surface area contributed by atoms with Crippen molar-refractivity contribution in [2.24, 2.45) is 5.21 Å². The Kier molecular flexibility index (Phi) is 12.1. The average Bonchev–Trinajstić information content (AvgIpc) is 2.87. The van der Waals surface area contributed by atoms with Crippen molar-refractivity contribution in [1.82, 2.24) is 4.98 Å². The summed E-state index contributed by atoms with van der Waals surface area (Å²) >= 11 is 0. The summed E-state index contributed by atoms with van der Waals surface area (Å²) in [7, 11) is 0. The van der Waals surface area contributed by atoms with Crippen LogP contribution in [0, 0.1) is 6.92 Å². The maximum atomic E-state index is 12.7. The molecule has 0 spiro atoms. The Balaban J connectivity index is 2.49. The second-order valence-electron chi connectivity index (χ2n) is 8.46. The van der Waals surface area contributed by atoms with E-state index in [1.807, 2.05) is 37.3 Å². The Morgan fingerprint density at radius 3 is 2.59 bits per heavy atom. The number of aryl methyl sites for hydroxylation is 1. The predicted molar refractivity (Wildman–Crippen MR) is 151 cm³/mol. The highest BCUT2D eigenvalue weighted by atomic mass is 19.3. The van der Waals surface area contributed by atoms with Crippen molar-refractivity contribution in [1.29, 1.82) is 0 Å². The van der Waals surface area contributed by atoms with Crippen molar-refractivity contribution in [2.75, 3.05) is 23.3 Å². The third kappa shape index (κ3) is 9.26. The SMILES string of the molecule is C=CCCN(CCC)c1cc(-c2cc(NC(=C)C(/C=C/C(F)F)=C/C=N\F)ccc2C)cc(CC=C)n1. The Hall–Kier alpha value is -3.87. The minimum absolute atomic E-state index is 0.278. The number of anilines is 2. The van der Waals surface area contributed by atoms with Gasteiger partial charge >= 0.3 is 0 Å². The van der Waals surface area contributed by atoms with E-state index >= 15 is 0 Å². The van der Waals surface area contributed by atoms with Gasteiger partial charge in [-0.3, -0.25) is 0 Å². The zero-order valence-electron chi connectivity index (χ0n) is 21.6. The van der Waals surface area contributed by atoms with Crippen LogP contribution < -0.4 is 10.2 Å². The molecule has 2 aromatic rings. The molecule has 2 rings (SSSR count). The van der Waals surface area contributed by atoms with Gasteiger partial charge in [0.25, 0.3) is 6.43 Å². The van der Waals surface area contributed by atoms with Gasteiger partial charge in [-0.05, 0) is 78.4 Å². The first kappa shape index (κ1) is 29.4. The fraction of sp³-hybridized carbons (Fsp3) is 0.267. The van der Waals surface area contributed by atoms with Gasteiger partial charge in [0.05, 0.1) is 6.21 Å². The standard InChI is InChI=1S/C30H35F3N4/c1-6-9-18-37(17-8-3)30-20-25(19-26(36-30)10-7-2)28-21-27(13-11-22(28)4)35-23(5)24(15-16-34-33)12-14-29(31)32/h6-7,11-16,19-21,29,35H,1-2,5,8-10,17-18H2,3-4H3/b14-12+,24-15+,34-16-. The first-order valence-electron chi connectivity index (χ1n) is 12.2. The van der Waals surface area contributed by atoms with Gasteiger partial charge in [0.2, 0.25) is 0 Å². The second kappa shape index (κ2) is 15.3. The number of alkyl halides is 2. The summed E-state index contributed by atoms with van der Waals surface area (Å²) in [5, 5.41) is 5.56. The molecule has 0 aliphatic heterocycles. The normalized spacial score (nSPS) is 11.9. The molecule has 0 saturated carbocycles. The highest BCUT2D eigenvalue weighted by Gasteiger charge is 2.13. The van der Waals surface area contributed by atoms with E-state index < -0.39 is 6.43 Å². The Labute approximate surface area is 218 Å². The number of hydrogen-bond donors (Lipinski definition) is 1. The van der Waals surface area contributed by atoms with Crippen molar-refractivity contribution in [3.05, 3.63) is 103 Å². The number of nitrogens with one attached hydrogen (secondary N) is 1. The quantitative estimate of drug-likeness (QED) is 0.150. The van der Waals surface area contributed by atoms with Gasteiger partial charge in [-0.15, -0.1) is 13.2 Å². The zero-order chi connectivity index (χ0) is 27.2. The summed E-state index contributed by atoms with van der Waals surface area (Å²) in [6.45, 7) is 17.5. The van der Waals surface area contributed by atoms with Gasteiger partial charge < -0.3 is 10.2 Å². The van der Waals surface area contributed by atoms with Gasteiger partial charge in [-0.25, -0.2) is 13.8 Å². The molecular formula is C30H35F3N4. The van der Waals surface area contributed by atoms with E-state index in [9.17, 15) is 13.3 Å². The van der Waals surface area contributed by atoms with E-state index in [-0.39, 0.29) is 5.57 Å². The monoisotopic (exact) mass is 508 g/mol. The molecule has 0 bridgehead atoms. The highest BCUT2D eigenvalue weighted by molar-refractivity contribution is 5.77. The molecule has 1 heterocycles. The smallest absolute Gasteiger partial charge is 0.257 e. The first-order valence-corrected chi connectivity index (χ1v) is 12.2. The summed E-state index contributed by atoms with van der Waals surface area (Å²) < 4.78 is 37.7. The lowest BCUT2D eigenvalue weighted by Gasteiger charge is -2.24. The van der Waals surface area contributed by atoms with E-state index in [1.165, 1.54) is 12.2 Å². The van der Waals surface area contributed by atoms with Crippen LogP contribution in [0.25, 0.3) is 11.1 Å².